The minimum atomic E-state index is -0.161. The van der Waals surface area contributed by atoms with Crippen molar-refractivity contribution >= 4 is 34.2 Å². The molecule has 0 spiro atoms. The minimum Gasteiger partial charge on any atom is -0.310 e. The van der Waals surface area contributed by atoms with Crippen LogP contribution in [0.25, 0.3) is 11.0 Å². The molecule has 0 saturated carbocycles. The van der Waals surface area contributed by atoms with Crippen molar-refractivity contribution in [3.63, 3.8) is 0 Å². The number of fused-ring (bicyclic) bond motifs is 1. The molecule has 2 heterocycles. The molecule has 14 heavy (non-hydrogen) atoms. The van der Waals surface area contributed by atoms with E-state index in [0.29, 0.717) is 21.2 Å². The zero-order chi connectivity index (χ0) is 10.3. The van der Waals surface area contributed by atoms with E-state index in [0.717, 1.165) is 0 Å². The van der Waals surface area contributed by atoms with Gasteiger partial charge in [0.15, 0.2) is 0 Å². The molecule has 0 unspecified atom stereocenters. The van der Waals surface area contributed by atoms with Gasteiger partial charge in [-0.15, -0.1) is 0 Å². The second kappa shape index (κ2) is 3.26. The van der Waals surface area contributed by atoms with E-state index in [4.69, 9.17) is 23.2 Å². The fraction of sp³-hybridized carbons (Fsp3) is 0.111. The SMILES string of the molecule is Cn1c(=O)cc(Cl)c2nc(Cl)ccc21. The quantitative estimate of drug-likeness (QED) is 0.649. The normalized spacial score (nSPS) is 10.8. The van der Waals surface area contributed by atoms with Crippen LogP contribution in [0.1, 0.15) is 0 Å². The van der Waals surface area contributed by atoms with Crippen molar-refractivity contribution in [1.29, 1.82) is 0 Å². The minimum absolute atomic E-state index is 0.161. The van der Waals surface area contributed by atoms with E-state index >= 15 is 0 Å². The van der Waals surface area contributed by atoms with Gasteiger partial charge in [0.2, 0.25) is 0 Å². The molecule has 0 bridgehead atoms. The summed E-state index contributed by atoms with van der Waals surface area (Å²) in [6, 6.07) is 4.67. The van der Waals surface area contributed by atoms with Crippen LogP contribution >= 0.6 is 23.2 Å². The van der Waals surface area contributed by atoms with Crippen molar-refractivity contribution in [2.45, 2.75) is 0 Å². The maximum atomic E-state index is 11.4. The van der Waals surface area contributed by atoms with E-state index < -0.39 is 0 Å². The Hall–Kier alpha value is -1.06. The van der Waals surface area contributed by atoms with E-state index in [-0.39, 0.29) is 5.56 Å². The van der Waals surface area contributed by atoms with Crippen LogP contribution in [0.5, 0.6) is 0 Å². The third-order valence-corrected chi connectivity index (χ3v) is 2.51. The highest BCUT2D eigenvalue weighted by atomic mass is 35.5. The molecule has 0 aliphatic rings. The first kappa shape index (κ1) is 9.49. The molecule has 0 aliphatic carbocycles. The Kier molecular flexibility index (Phi) is 2.21. The highest BCUT2D eigenvalue weighted by molar-refractivity contribution is 6.35. The lowest BCUT2D eigenvalue weighted by Gasteiger charge is -2.04. The van der Waals surface area contributed by atoms with Crippen molar-refractivity contribution < 1.29 is 0 Å². The van der Waals surface area contributed by atoms with E-state index in [1.54, 1.807) is 19.2 Å². The largest absolute Gasteiger partial charge is 0.310 e. The zero-order valence-electron chi connectivity index (χ0n) is 7.29. The van der Waals surface area contributed by atoms with Crippen LogP contribution in [0, 0.1) is 0 Å². The smallest absolute Gasteiger partial charge is 0.252 e. The molecule has 0 N–H and O–H groups in total. The maximum absolute atomic E-state index is 11.4. The summed E-state index contributed by atoms with van der Waals surface area (Å²) in [6.45, 7) is 0. The van der Waals surface area contributed by atoms with Gasteiger partial charge >= 0.3 is 0 Å². The van der Waals surface area contributed by atoms with E-state index in [2.05, 4.69) is 4.98 Å². The molecule has 0 aliphatic heterocycles. The van der Waals surface area contributed by atoms with Crippen LogP contribution in [0.3, 0.4) is 0 Å². The first-order chi connectivity index (χ1) is 6.59. The van der Waals surface area contributed by atoms with Crippen LogP contribution in [0.2, 0.25) is 10.2 Å². The van der Waals surface area contributed by atoms with Crippen molar-refractivity contribution in [3.05, 3.63) is 38.7 Å². The summed E-state index contributed by atoms with van der Waals surface area (Å²) in [7, 11) is 1.66. The van der Waals surface area contributed by atoms with Gasteiger partial charge in [-0.2, -0.15) is 0 Å². The van der Waals surface area contributed by atoms with Crippen LogP contribution in [0.4, 0.5) is 0 Å². The molecule has 0 radical (unpaired) electrons. The van der Waals surface area contributed by atoms with Gasteiger partial charge in [0, 0.05) is 13.1 Å². The molecule has 72 valence electrons. The molecule has 2 aromatic rings. The lowest BCUT2D eigenvalue weighted by atomic mass is 10.3. The van der Waals surface area contributed by atoms with Crippen molar-refractivity contribution in [2.75, 3.05) is 0 Å². The van der Waals surface area contributed by atoms with Gasteiger partial charge in [0.05, 0.1) is 10.5 Å². The van der Waals surface area contributed by atoms with Gasteiger partial charge in [-0.3, -0.25) is 4.79 Å². The number of nitrogens with zero attached hydrogens (tertiary/aromatic N) is 2. The van der Waals surface area contributed by atoms with Gasteiger partial charge in [0.1, 0.15) is 10.7 Å². The molecule has 5 heteroatoms. The molecule has 0 atom stereocenters. The van der Waals surface area contributed by atoms with Crippen LogP contribution in [-0.4, -0.2) is 9.55 Å². The Labute approximate surface area is 89.9 Å². The number of halogens is 2. The second-order valence-corrected chi connectivity index (χ2v) is 3.69. The predicted molar refractivity (Wildman–Crippen MR) is 57.0 cm³/mol. The summed E-state index contributed by atoms with van der Waals surface area (Å²) in [6.07, 6.45) is 0. The van der Waals surface area contributed by atoms with Crippen molar-refractivity contribution in [1.82, 2.24) is 9.55 Å². The number of hydrogen-bond acceptors (Lipinski definition) is 2. The first-order valence-electron chi connectivity index (χ1n) is 3.91. The van der Waals surface area contributed by atoms with Crippen molar-refractivity contribution in [3.8, 4) is 0 Å². The van der Waals surface area contributed by atoms with Crippen LogP contribution < -0.4 is 5.56 Å². The van der Waals surface area contributed by atoms with Crippen LogP contribution in [-0.2, 0) is 7.05 Å². The summed E-state index contributed by atoms with van der Waals surface area (Å²) in [5, 5.41) is 0.684. The average Bonchev–Trinajstić information content (AvgIpc) is 2.14. The lowest BCUT2D eigenvalue weighted by molar-refractivity contribution is 0.903. The Morgan fingerprint density at radius 1 is 1.36 bits per heavy atom. The summed E-state index contributed by atoms with van der Waals surface area (Å²) in [5.41, 5.74) is 1.06. The zero-order valence-corrected chi connectivity index (χ0v) is 8.80. The lowest BCUT2D eigenvalue weighted by Crippen LogP contribution is -2.15. The highest BCUT2D eigenvalue weighted by Gasteiger charge is 2.06. The number of hydrogen-bond donors (Lipinski definition) is 0. The average molecular weight is 229 g/mol. The third-order valence-electron chi connectivity index (χ3n) is 2.01. The molecule has 3 nitrogen and oxygen atoms in total. The van der Waals surface area contributed by atoms with Gasteiger partial charge in [-0.05, 0) is 12.1 Å². The Bertz CT molecular complexity index is 562. The number of aromatic nitrogens is 2. The molecule has 0 amide bonds. The Morgan fingerprint density at radius 3 is 2.79 bits per heavy atom. The topological polar surface area (TPSA) is 34.9 Å². The highest BCUT2D eigenvalue weighted by Crippen LogP contribution is 2.20. The first-order valence-corrected chi connectivity index (χ1v) is 4.67. The molecule has 2 aromatic heterocycles. The maximum Gasteiger partial charge on any atom is 0.252 e. The van der Waals surface area contributed by atoms with E-state index in [9.17, 15) is 4.79 Å². The van der Waals surface area contributed by atoms with Gasteiger partial charge in [0.25, 0.3) is 5.56 Å². The third kappa shape index (κ3) is 1.38. The molecule has 2 rings (SSSR count). The summed E-state index contributed by atoms with van der Waals surface area (Å²) in [5.74, 6) is 0. The van der Waals surface area contributed by atoms with Crippen molar-refractivity contribution in [2.24, 2.45) is 7.05 Å². The van der Waals surface area contributed by atoms with Gasteiger partial charge in [-0.25, -0.2) is 4.98 Å². The summed E-state index contributed by atoms with van der Waals surface area (Å²) in [4.78, 5) is 15.4. The summed E-state index contributed by atoms with van der Waals surface area (Å²) >= 11 is 11.6. The monoisotopic (exact) mass is 228 g/mol. The standard InChI is InChI=1S/C9H6Cl2N2O/c1-13-6-2-3-7(11)12-9(6)5(10)4-8(13)14/h2-4H,1H3. The number of rotatable bonds is 0. The molecule has 0 saturated heterocycles. The van der Waals surface area contributed by atoms with Gasteiger partial charge in [-0.1, -0.05) is 23.2 Å². The predicted octanol–water partition coefficient (Wildman–Crippen LogP) is 2.24. The Balaban J connectivity index is 3.02. The fourth-order valence-electron chi connectivity index (χ4n) is 1.27. The van der Waals surface area contributed by atoms with E-state index in [1.165, 1.54) is 10.6 Å². The number of pyridine rings is 2. The molecular formula is C9H6Cl2N2O. The van der Waals surface area contributed by atoms with E-state index in [1.807, 2.05) is 0 Å². The fourth-order valence-corrected chi connectivity index (χ4v) is 1.65. The second-order valence-electron chi connectivity index (χ2n) is 2.89. The molecule has 0 fully saturated rings. The Morgan fingerprint density at radius 2 is 2.07 bits per heavy atom. The molecule has 0 aromatic carbocycles. The van der Waals surface area contributed by atoms with Crippen LogP contribution in [0.15, 0.2) is 23.0 Å². The summed E-state index contributed by atoms with van der Waals surface area (Å²) < 4.78 is 1.48. The molecular weight excluding hydrogens is 223 g/mol. The van der Waals surface area contributed by atoms with Gasteiger partial charge < -0.3 is 4.57 Å². The number of aryl methyl sites for hydroxylation is 1.